The summed E-state index contributed by atoms with van der Waals surface area (Å²) in [7, 11) is 0. The molecule has 0 amide bonds. The first-order chi connectivity index (χ1) is 6.61. The van der Waals surface area contributed by atoms with Crippen molar-refractivity contribution < 1.29 is 4.74 Å². The number of nitrogens with zero attached hydrogens (tertiary/aromatic N) is 2. The minimum atomic E-state index is 0.00940. The summed E-state index contributed by atoms with van der Waals surface area (Å²) in [6.45, 7) is 7.38. The molecule has 2 rings (SSSR count). The Morgan fingerprint density at radius 1 is 1.43 bits per heavy atom. The van der Waals surface area contributed by atoms with E-state index < -0.39 is 0 Å². The molecule has 1 fully saturated rings. The smallest absolute Gasteiger partial charge is 0.282 e. The molecule has 0 aromatic carbocycles. The molecule has 2 heterocycles. The molecule has 0 bridgehead atoms. The second-order valence-corrected chi connectivity index (χ2v) is 4.59. The second-order valence-electron chi connectivity index (χ2n) is 4.59. The minimum Gasteiger partial charge on any atom is -0.463 e. The predicted octanol–water partition coefficient (Wildman–Crippen LogP) is 0.574. The monoisotopic (exact) mass is 197 g/mol. The van der Waals surface area contributed by atoms with E-state index in [0.717, 1.165) is 25.9 Å². The summed E-state index contributed by atoms with van der Waals surface area (Å²) in [4.78, 5) is 6.90. The SMILES string of the molecule is CC(C)N1CCC2(CC1)COC(N)=N2. The van der Waals surface area contributed by atoms with Gasteiger partial charge in [-0.15, -0.1) is 0 Å². The van der Waals surface area contributed by atoms with E-state index in [4.69, 9.17) is 10.5 Å². The zero-order valence-corrected chi connectivity index (χ0v) is 8.99. The molecule has 1 spiro atoms. The molecule has 0 radical (unpaired) electrons. The van der Waals surface area contributed by atoms with Crippen molar-refractivity contribution in [1.82, 2.24) is 4.90 Å². The Hall–Kier alpha value is -0.770. The van der Waals surface area contributed by atoms with E-state index in [1.807, 2.05) is 0 Å². The van der Waals surface area contributed by atoms with Gasteiger partial charge in [0.2, 0.25) is 0 Å². The van der Waals surface area contributed by atoms with Crippen LogP contribution in [0.2, 0.25) is 0 Å². The quantitative estimate of drug-likeness (QED) is 0.668. The normalized spacial score (nSPS) is 26.6. The third kappa shape index (κ3) is 1.71. The first kappa shape index (κ1) is 9.77. The number of aliphatic imine (C=N–C) groups is 1. The first-order valence-corrected chi connectivity index (χ1v) is 5.33. The highest BCUT2D eigenvalue weighted by atomic mass is 16.5. The lowest BCUT2D eigenvalue weighted by molar-refractivity contribution is 0.113. The lowest BCUT2D eigenvalue weighted by Gasteiger charge is -2.37. The van der Waals surface area contributed by atoms with E-state index in [1.54, 1.807) is 0 Å². The fourth-order valence-electron chi connectivity index (χ4n) is 2.22. The lowest BCUT2D eigenvalue weighted by Crippen LogP contribution is -2.46. The van der Waals surface area contributed by atoms with Gasteiger partial charge in [-0.3, -0.25) is 0 Å². The maximum absolute atomic E-state index is 5.55. The van der Waals surface area contributed by atoms with E-state index in [0.29, 0.717) is 18.7 Å². The molecular formula is C10H19N3O. The third-order valence-corrected chi connectivity index (χ3v) is 3.30. The van der Waals surface area contributed by atoms with Crippen LogP contribution in [-0.2, 0) is 4.74 Å². The van der Waals surface area contributed by atoms with Crippen molar-refractivity contribution in [2.24, 2.45) is 10.7 Å². The average molecular weight is 197 g/mol. The van der Waals surface area contributed by atoms with Gasteiger partial charge in [0, 0.05) is 19.1 Å². The van der Waals surface area contributed by atoms with Crippen LogP contribution in [0.4, 0.5) is 0 Å². The Kier molecular flexibility index (Phi) is 2.39. The van der Waals surface area contributed by atoms with Gasteiger partial charge < -0.3 is 15.4 Å². The van der Waals surface area contributed by atoms with Gasteiger partial charge in [0.05, 0.1) is 0 Å². The van der Waals surface area contributed by atoms with Crippen LogP contribution in [-0.4, -0.2) is 42.2 Å². The maximum atomic E-state index is 5.55. The first-order valence-electron chi connectivity index (χ1n) is 5.33. The summed E-state index contributed by atoms with van der Waals surface area (Å²) in [5.41, 5.74) is 5.56. The number of rotatable bonds is 1. The maximum Gasteiger partial charge on any atom is 0.282 e. The van der Waals surface area contributed by atoms with Crippen LogP contribution in [0.3, 0.4) is 0 Å². The van der Waals surface area contributed by atoms with Gasteiger partial charge >= 0.3 is 0 Å². The summed E-state index contributed by atoms with van der Waals surface area (Å²) in [5.74, 6) is 0. The summed E-state index contributed by atoms with van der Waals surface area (Å²) in [6.07, 6.45) is 2.15. The highest BCUT2D eigenvalue weighted by Crippen LogP contribution is 2.30. The number of piperidine rings is 1. The Labute approximate surface area is 85.1 Å². The van der Waals surface area contributed by atoms with E-state index >= 15 is 0 Å². The van der Waals surface area contributed by atoms with Crippen LogP contribution >= 0.6 is 0 Å². The van der Waals surface area contributed by atoms with Crippen LogP contribution in [0.1, 0.15) is 26.7 Å². The summed E-state index contributed by atoms with van der Waals surface area (Å²) in [6, 6.07) is 1.01. The predicted molar refractivity (Wildman–Crippen MR) is 56.2 cm³/mol. The number of nitrogens with two attached hydrogens (primary N) is 1. The van der Waals surface area contributed by atoms with Crippen molar-refractivity contribution in [1.29, 1.82) is 0 Å². The van der Waals surface area contributed by atoms with Gasteiger partial charge in [-0.1, -0.05) is 0 Å². The molecule has 4 heteroatoms. The molecule has 0 saturated carbocycles. The van der Waals surface area contributed by atoms with Crippen molar-refractivity contribution in [2.75, 3.05) is 19.7 Å². The molecule has 0 unspecified atom stereocenters. The largest absolute Gasteiger partial charge is 0.463 e. The Balaban J connectivity index is 1.96. The Bertz CT molecular complexity index is 242. The zero-order chi connectivity index (χ0) is 10.2. The Morgan fingerprint density at radius 3 is 2.50 bits per heavy atom. The van der Waals surface area contributed by atoms with Gasteiger partial charge in [0.1, 0.15) is 12.1 Å². The standard InChI is InChI=1S/C10H19N3O/c1-8(2)13-5-3-10(4-6-13)7-14-9(11)12-10/h8H,3-7H2,1-2H3,(H2,11,12). The summed E-state index contributed by atoms with van der Waals surface area (Å²) >= 11 is 0. The molecule has 0 atom stereocenters. The lowest BCUT2D eigenvalue weighted by atomic mass is 9.89. The number of hydrogen-bond acceptors (Lipinski definition) is 4. The molecule has 2 N–H and O–H groups in total. The van der Waals surface area contributed by atoms with E-state index in [1.165, 1.54) is 0 Å². The molecule has 0 aliphatic carbocycles. The molecule has 80 valence electrons. The van der Waals surface area contributed by atoms with Crippen LogP contribution in [0.15, 0.2) is 4.99 Å². The number of amidine groups is 1. The summed E-state index contributed by atoms with van der Waals surface area (Å²) in [5, 5.41) is 0. The molecular weight excluding hydrogens is 178 g/mol. The topological polar surface area (TPSA) is 50.9 Å². The van der Waals surface area contributed by atoms with Crippen LogP contribution in [0.25, 0.3) is 0 Å². The van der Waals surface area contributed by atoms with Crippen LogP contribution in [0, 0.1) is 0 Å². The van der Waals surface area contributed by atoms with Crippen LogP contribution < -0.4 is 5.73 Å². The molecule has 4 nitrogen and oxygen atoms in total. The number of likely N-dealkylation sites (tertiary alicyclic amines) is 1. The highest BCUT2D eigenvalue weighted by Gasteiger charge is 2.39. The minimum absolute atomic E-state index is 0.00940. The van der Waals surface area contributed by atoms with Gasteiger partial charge in [-0.25, -0.2) is 4.99 Å². The van der Waals surface area contributed by atoms with E-state index in [-0.39, 0.29) is 5.54 Å². The van der Waals surface area contributed by atoms with E-state index in [9.17, 15) is 0 Å². The van der Waals surface area contributed by atoms with Crippen molar-refractivity contribution in [3.05, 3.63) is 0 Å². The van der Waals surface area contributed by atoms with Gasteiger partial charge in [0.25, 0.3) is 6.02 Å². The summed E-state index contributed by atoms with van der Waals surface area (Å²) < 4.78 is 5.25. The number of ether oxygens (including phenoxy) is 1. The van der Waals surface area contributed by atoms with Gasteiger partial charge in [-0.2, -0.15) is 0 Å². The molecule has 14 heavy (non-hydrogen) atoms. The highest BCUT2D eigenvalue weighted by molar-refractivity contribution is 5.73. The fourth-order valence-corrected chi connectivity index (χ4v) is 2.22. The molecule has 2 aliphatic rings. The Morgan fingerprint density at radius 2 is 2.07 bits per heavy atom. The van der Waals surface area contributed by atoms with Crippen molar-refractivity contribution in [3.8, 4) is 0 Å². The van der Waals surface area contributed by atoms with Crippen LogP contribution in [0.5, 0.6) is 0 Å². The van der Waals surface area contributed by atoms with Crippen molar-refractivity contribution in [3.63, 3.8) is 0 Å². The van der Waals surface area contributed by atoms with Gasteiger partial charge in [-0.05, 0) is 26.7 Å². The molecule has 2 aliphatic heterocycles. The molecule has 1 saturated heterocycles. The van der Waals surface area contributed by atoms with Crippen molar-refractivity contribution in [2.45, 2.75) is 38.3 Å². The zero-order valence-electron chi connectivity index (χ0n) is 8.99. The molecule has 0 aromatic heterocycles. The molecule has 0 aromatic rings. The average Bonchev–Trinajstić information content (AvgIpc) is 2.48. The third-order valence-electron chi connectivity index (χ3n) is 3.30. The van der Waals surface area contributed by atoms with E-state index in [2.05, 4.69) is 23.7 Å². The van der Waals surface area contributed by atoms with Gasteiger partial charge in [0.15, 0.2) is 0 Å². The van der Waals surface area contributed by atoms with Crippen molar-refractivity contribution >= 4 is 6.02 Å². The number of hydrogen-bond donors (Lipinski definition) is 1. The second kappa shape index (κ2) is 3.42. The fraction of sp³-hybridized carbons (Fsp3) is 0.900.